The number of hydrogen-bond donors (Lipinski definition) is 1. The van der Waals surface area contributed by atoms with Gasteiger partial charge in [0.1, 0.15) is 5.75 Å². The molecule has 6 nitrogen and oxygen atoms in total. The number of ketones is 1. The van der Waals surface area contributed by atoms with Gasteiger partial charge in [-0.05, 0) is 42.3 Å². The molecule has 0 amide bonds. The Morgan fingerprint density at radius 3 is 2.25 bits per heavy atom. The Balaban J connectivity index is 1.80. The zero-order valence-corrected chi connectivity index (χ0v) is 18.5. The van der Waals surface area contributed by atoms with Crippen molar-refractivity contribution in [3.8, 4) is 5.75 Å². The van der Waals surface area contributed by atoms with Gasteiger partial charge in [-0.15, -0.1) is 0 Å². The maximum absolute atomic E-state index is 13.1. The van der Waals surface area contributed by atoms with E-state index in [-0.39, 0.29) is 22.1 Å². The number of rotatable bonds is 6. The summed E-state index contributed by atoms with van der Waals surface area (Å²) in [5.41, 5.74) is 2.87. The minimum atomic E-state index is -3.97. The molecule has 0 radical (unpaired) electrons. The number of allylic oxidation sites excluding steroid dienone is 2. The van der Waals surface area contributed by atoms with Crippen molar-refractivity contribution in [3.63, 3.8) is 0 Å². The van der Waals surface area contributed by atoms with E-state index in [2.05, 4.69) is 9.71 Å². The first-order valence-corrected chi connectivity index (χ1v) is 11.6. The summed E-state index contributed by atoms with van der Waals surface area (Å²) in [5, 5.41) is 3.07. The van der Waals surface area contributed by atoms with Gasteiger partial charge in [-0.25, -0.2) is 0 Å². The van der Waals surface area contributed by atoms with Crippen molar-refractivity contribution < 1.29 is 17.9 Å². The van der Waals surface area contributed by atoms with Gasteiger partial charge in [-0.1, -0.05) is 55.5 Å². The Bertz CT molecular complexity index is 1340. The summed E-state index contributed by atoms with van der Waals surface area (Å²) in [6.45, 7) is 2.00. The van der Waals surface area contributed by atoms with E-state index in [1.54, 1.807) is 60.7 Å². The molecule has 3 aromatic rings. The minimum absolute atomic E-state index is 0.101. The number of anilines is 1. The number of ether oxygens (including phenoxy) is 1. The first-order chi connectivity index (χ1) is 15.4. The smallest absolute Gasteiger partial charge is 0.282 e. The Morgan fingerprint density at radius 1 is 0.906 bits per heavy atom. The van der Waals surface area contributed by atoms with Crippen LogP contribution in [0.3, 0.4) is 0 Å². The molecule has 32 heavy (non-hydrogen) atoms. The third kappa shape index (κ3) is 4.20. The normalized spacial score (nSPS) is 14.6. The molecule has 1 N–H and O–H groups in total. The molecule has 1 aliphatic rings. The van der Waals surface area contributed by atoms with Gasteiger partial charge >= 0.3 is 0 Å². The molecule has 0 aliphatic heterocycles. The minimum Gasteiger partial charge on any atom is -0.495 e. The fraction of sp³-hybridized carbons (Fsp3) is 0.120. The lowest BCUT2D eigenvalue weighted by Gasteiger charge is -2.19. The Morgan fingerprint density at radius 2 is 1.56 bits per heavy atom. The van der Waals surface area contributed by atoms with Crippen LogP contribution < -0.4 is 10.1 Å². The first-order valence-electron chi connectivity index (χ1n) is 10.1. The second kappa shape index (κ2) is 8.80. The number of benzene rings is 3. The Kier molecular flexibility index (Phi) is 5.92. The van der Waals surface area contributed by atoms with Crippen LogP contribution in [-0.4, -0.2) is 27.0 Å². The van der Waals surface area contributed by atoms with Crippen LogP contribution >= 0.6 is 0 Å². The van der Waals surface area contributed by atoms with Gasteiger partial charge in [0.2, 0.25) is 5.78 Å². The lowest BCUT2D eigenvalue weighted by molar-refractivity contribution is 0.103. The van der Waals surface area contributed by atoms with E-state index in [0.717, 1.165) is 12.0 Å². The number of para-hydroxylation sites is 2. The van der Waals surface area contributed by atoms with E-state index in [1.807, 2.05) is 19.1 Å². The lowest BCUT2D eigenvalue weighted by atomic mass is 9.92. The van der Waals surface area contributed by atoms with Gasteiger partial charge in [-0.3, -0.25) is 4.79 Å². The number of nitrogens with zero attached hydrogens (tertiary/aromatic N) is 1. The molecule has 0 heterocycles. The molecular formula is C25H22N2O4S. The highest BCUT2D eigenvalue weighted by atomic mass is 32.2. The summed E-state index contributed by atoms with van der Waals surface area (Å²) >= 11 is 0. The van der Waals surface area contributed by atoms with Crippen LogP contribution in [0.4, 0.5) is 5.69 Å². The monoisotopic (exact) mass is 446 g/mol. The number of methoxy groups -OCH3 is 1. The van der Waals surface area contributed by atoms with Crippen molar-refractivity contribution in [3.05, 3.63) is 101 Å². The largest absolute Gasteiger partial charge is 0.495 e. The quantitative estimate of drug-likeness (QED) is 0.597. The van der Waals surface area contributed by atoms with Gasteiger partial charge < -0.3 is 10.1 Å². The maximum atomic E-state index is 13.1. The van der Waals surface area contributed by atoms with Gasteiger partial charge in [0.05, 0.1) is 29.1 Å². The highest BCUT2D eigenvalue weighted by Crippen LogP contribution is 2.29. The number of hydrogen-bond acceptors (Lipinski definition) is 5. The predicted molar refractivity (Wildman–Crippen MR) is 125 cm³/mol. The molecular weight excluding hydrogens is 424 g/mol. The molecule has 4 rings (SSSR count). The van der Waals surface area contributed by atoms with E-state index in [0.29, 0.717) is 22.6 Å². The third-order valence-corrected chi connectivity index (χ3v) is 6.50. The van der Waals surface area contributed by atoms with Crippen molar-refractivity contribution in [1.82, 2.24) is 0 Å². The van der Waals surface area contributed by atoms with E-state index in [4.69, 9.17) is 4.74 Å². The lowest BCUT2D eigenvalue weighted by Crippen LogP contribution is -2.22. The van der Waals surface area contributed by atoms with Crippen LogP contribution in [0.15, 0.2) is 93.9 Å². The Hall–Kier alpha value is -3.71. The summed E-state index contributed by atoms with van der Waals surface area (Å²) in [5.74, 6) is 0.303. The topological polar surface area (TPSA) is 84.8 Å². The fourth-order valence-electron chi connectivity index (χ4n) is 3.47. The number of sulfonamides is 1. The third-order valence-electron chi connectivity index (χ3n) is 5.20. The van der Waals surface area contributed by atoms with Gasteiger partial charge in [0.15, 0.2) is 0 Å². The zero-order chi connectivity index (χ0) is 22.7. The summed E-state index contributed by atoms with van der Waals surface area (Å²) in [7, 11) is -2.44. The average molecular weight is 447 g/mol. The predicted octanol–water partition coefficient (Wildman–Crippen LogP) is 4.63. The van der Waals surface area contributed by atoms with Crippen molar-refractivity contribution in [1.29, 1.82) is 0 Å². The molecule has 0 fully saturated rings. The van der Waals surface area contributed by atoms with Gasteiger partial charge in [-0.2, -0.15) is 12.8 Å². The number of fused-ring (bicyclic) bond motifs is 1. The summed E-state index contributed by atoms with van der Waals surface area (Å²) in [6.07, 6.45) is 2.28. The van der Waals surface area contributed by atoms with Crippen LogP contribution in [0.2, 0.25) is 0 Å². The molecule has 0 aromatic heterocycles. The number of carbonyl (C=O) groups excluding carboxylic acids is 1. The van der Waals surface area contributed by atoms with Crippen LogP contribution in [0.25, 0.3) is 0 Å². The summed E-state index contributed by atoms with van der Waals surface area (Å²) in [4.78, 5) is 13.2. The fourth-order valence-corrected chi connectivity index (χ4v) is 4.47. The second-order valence-corrected chi connectivity index (χ2v) is 8.81. The molecule has 7 heteroatoms. The van der Waals surface area contributed by atoms with Crippen LogP contribution in [-0.2, 0) is 16.4 Å². The van der Waals surface area contributed by atoms with Crippen molar-refractivity contribution in [2.24, 2.45) is 4.40 Å². The second-order valence-electron chi connectivity index (χ2n) is 7.21. The standard InChI is InChI=1S/C25H22N2O4S/c1-3-17-12-14-18(15-13-17)32(29,30)27-22-16-23(25(28)20-9-5-4-8-19(20)22)26-21-10-6-7-11-24(21)31-2/h4-16,26H,3H2,1-2H3/b27-22-. The molecule has 3 aromatic carbocycles. The highest BCUT2D eigenvalue weighted by Gasteiger charge is 2.26. The van der Waals surface area contributed by atoms with Crippen LogP contribution in [0.5, 0.6) is 5.75 Å². The number of nitrogens with one attached hydrogen (secondary N) is 1. The first kappa shape index (κ1) is 21.5. The number of Topliss-reactive ketones (excluding diaryl/α,β-unsaturated/α-hetero) is 1. The Labute approximate surface area is 187 Å². The maximum Gasteiger partial charge on any atom is 0.282 e. The van der Waals surface area contributed by atoms with E-state index in [1.165, 1.54) is 13.2 Å². The highest BCUT2D eigenvalue weighted by molar-refractivity contribution is 7.90. The number of carbonyl (C=O) groups is 1. The molecule has 0 atom stereocenters. The van der Waals surface area contributed by atoms with Crippen LogP contribution in [0.1, 0.15) is 28.4 Å². The molecule has 1 aliphatic carbocycles. The SMILES string of the molecule is CCc1ccc(S(=O)(=O)/N=C2/C=C(Nc3ccccc3OC)C(=O)c3ccccc32)cc1. The van der Waals surface area contributed by atoms with Crippen molar-refractivity contribution in [2.75, 3.05) is 12.4 Å². The molecule has 0 unspecified atom stereocenters. The van der Waals surface area contributed by atoms with Crippen molar-refractivity contribution in [2.45, 2.75) is 18.2 Å². The van der Waals surface area contributed by atoms with E-state index < -0.39 is 10.0 Å². The molecule has 0 spiro atoms. The molecule has 0 saturated heterocycles. The van der Waals surface area contributed by atoms with Gasteiger partial charge in [0, 0.05) is 11.1 Å². The number of aryl methyl sites for hydroxylation is 1. The van der Waals surface area contributed by atoms with E-state index >= 15 is 0 Å². The zero-order valence-electron chi connectivity index (χ0n) is 17.7. The van der Waals surface area contributed by atoms with Crippen LogP contribution in [0, 0.1) is 0 Å². The summed E-state index contributed by atoms with van der Waals surface area (Å²) < 4.78 is 35.5. The van der Waals surface area contributed by atoms with E-state index in [9.17, 15) is 13.2 Å². The molecule has 0 saturated carbocycles. The molecule has 0 bridgehead atoms. The van der Waals surface area contributed by atoms with Crippen molar-refractivity contribution >= 4 is 27.2 Å². The average Bonchev–Trinajstić information content (AvgIpc) is 2.82. The van der Waals surface area contributed by atoms with Gasteiger partial charge in [0.25, 0.3) is 10.0 Å². The molecule has 162 valence electrons. The summed E-state index contributed by atoms with van der Waals surface area (Å²) in [6, 6.07) is 20.7.